The van der Waals surface area contributed by atoms with Gasteiger partial charge in [-0.25, -0.2) is 4.98 Å². The fourth-order valence-corrected chi connectivity index (χ4v) is 2.38. The minimum Gasteiger partial charge on any atom is -0.483 e. The fourth-order valence-electron chi connectivity index (χ4n) is 2.38. The summed E-state index contributed by atoms with van der Waals surface area (Å²) in [5.74, 6) is -0.765. The van der Waals surface area contributed by atoms with Gasteiger partial charge in [-0.15, -0.1) is 0 Å². The Morgan fingerprint density at radius 1 is 1.10 bits per heavy atom. The maximum absolute atomic E-state index is 12.1. The number of nitrogens with zero attached hydrogens (tertiary/aromatic N) is 1. The maximum atomic E-state index is 12.1. The number of carbonyl (C=O) groups is 2. The van der Waals surface area contributed by atoms with Gasteiger partial charge >= 0.3 is 6.18 Å². The highest BCUT2D eigenvalue weighted by atomic mass is 19.4. The van der Waals surface area contributed by atoms with Crippen LogP contribution >= 0.6 is 0 Å². The predicted octanol–water partition coefficient (Wildman–Crippen LogP) is 3.29. The van der Waals surface area contributed by atoms with Crippen molar-refractivity contribution in [3.8, 4) is 11.6 Å². The van der Waals surface area contributed by atoms with E-state index in [9.17, 15) is 22.8 Å². The van der Waals surface area contributed by atoms with Crippen LogP contribution in [0.15, 0.2) is 36.5 Å². The number of amides is 2. The number of alkyl halides is 3. The lowest BCUT2D eigenvalue weighted by Crippen LogP contribution is -2.43. The predicted molar refractivity (Wildman–Crippen MR) is 102 cm³/mol. The van der Waals surface area contributed by atoms with Gasteiger partial charge in [-0.05, 0) is 36.1 Å². The first-order valence-corrected chi connectivity index (χ1v) is 9.03. The molecule has 0 bridgehead atoms. The van der Waals surface area contributed by atoms with Crippen molar-refractivity contribution < 1.29 is 32.2 Å². The van der Waals surface area contributed by atoms with Crippen LogP contribution < -0.4 is 20.3 Å². The van der Waals surface area contributed by atoms with Crippen LogP contribution in [-0.4, -0.2) is 36.2 Å². The van der Waals surface area contributed by atoms with Crippen LogP contribution in [0.25, 0.3) is 0 Å². The molecule has 2 amide bonds. The second-order valence-electron chi connectivity index (χ2n) is 6.78. The van der Waals surface area contributed by atoms with Crippen molar-refractivity contribution in [3.63, 3.8) is 0 Å². The minimum atomic E-state index is -4.49. The molecule has 7 nitrogen and oxygen atoms in total. The van der Waals surface area contributed by atoms with Gasteiger partial charge in [-0.2, -0.15) is 13.2 Å². The zero-order chi connectivity index (χ0) is 22.3. The van der Waals surface area contributed by atoms with Crippen LogP contribution in [0.3, 0.4) is 0 Å². The molecule has 2 N–H and O–H groups in total. The first-order chi connectivity index (χ1) is 14.0. The SMILES string of the molecule is Cc1ccc(C(C)C)c(OCC(=O)NNC(=O)c2ccc(OCC(F)(F)F)nc2)c1. The number of hydrogen-bond donors (Lipinski definition) is 2. The number of aryl methyl sites for hydroxylation is 1. The summed E-state index contributed by atoms with van der Waals surface area (Å²) in [7, 11) is 0. The summed E-state index contributed by atoms with van der Waals surface area (Å²) in [5.41, 5.74) is 6.35. The molecule has 0 spiro atoms. The zero-order valence-corrected chi connectivity index (χ0v) is 16.7. The molecule has 2 aromatic rings. The maximum Gasteiger partial charge on any atom is 0.422 e. The average Bonchev–Trinajstić information content (AvgIpc) is 2.68. The summed E-state index contributed by atoms with van der Waals surface area (Å²) in [4.78, 5) is 27.6. The van der Waals surface area contributed by atoms with E-state index in [2.05, 4.69) is 20.6 Å². The molecule has 0 aliphatic rings. The molecule has 0 aliphatic carbocycles. The van der Waals surface area contributed by atoms with Crippen LogP contribution in [0.4, 0.5) is 13.2 Å². The highest BCUT2D eigenvalue weighted by molar-refractivity contribution is 5.95. The van der Waals surface area contributed by atoms with Crippen molar-refractivity contribution in [2.24, 2.45) is 0 Å². The molecule has 30 heavy (non-hydrogen) atoms. The van der Waals surface area contributed by atoms with E-state index in [0.717, 1.165) is 23.4 Å². The molecular formula is C20H22F3N3O4. The number of hydrazine groups is 1. The molecule has 1 heterocycles. The van der Waals surface area contributed by atoms with Crippen LogP contribution in [0.2, 0.25) is 0 Å². The molecule has 0 radical (unpaired) electrons. The average molecular weight is 425 g/mol. The summed E-state index contributed by atoms with van der Waals surface area (Å²) in [6.45, 7) is 4.12. The summed E-state index contributed by atoms with van der Waals surface area (Å²) < 4.78 is 46.4. The van der Waals surface area contributed by atoms with Crippen LogP contribution in [0, 0.1) is 6.92 Å². The lowest BCUT2D eigenvalue weighted by Gasteiger charge is -2.15. The van der Waals surface area contributed by atoms with E-state index in [1.165, 1.54) is 6.07 Å². The van der Waals surface area contributed by atoms with E-state index in [4.69, 9.17) is 4.74 Å². The van der Waals surface area contributed by atoms with Crippen molar-refractivity contribution in [2.75, 3.05) is 13.2 Å². The number of hydrogen-bond acceptors (Lipinski definition) is 5. The molecule has 0 saturated heterocycles. The monoisotopic (exact) mass is 425 g/mol. The molecule has 0 atom stereocenters. The molecule has 0 unspecified atom stereocenters. The quantitative estimate of drug-likeness (QED) is 0.665. The van der Waals surface area contributed by atoms with E-state index < -0.39 is 24.6 Å². The van der Waals surface area contributed by atoms with Crippen LogP contribution in [0.5, 0.6) is 11.6 Å². The normalized spacial score (nSPS) is 11.2. The third-order valence-electron chi connectivity index (χ3n) is 3.85. The number of pyridine rings is 1. The summed E-state index contributed by atoms with van der Waals surface area (Å²) in [5, 5.41) is 0. The Hall–Kier alpha value is -3.30. The summed E-state index contributed by atoms with van der Waals surface area (Å²) in [6.07, 6.45) is -3.45. The Morgan fingerprint density at radius 2 is 1.83 bits per heavy atom. The Morgan fingerprint density at radius 3 is 2.43 bits per heavy atom. The first-order valence-electron chi connectivity index (χ1n) is 9.03. The lowest BCUT2D eigenvalue weighted by atomic mass is 10.0. The van der Waals surface area contributed by atoms with Crippen molar-refractivity contribution in [1.82, 2.24) is 15.8 Å². The molecular weight excluding hydrogens is 403 g/mol. The van der Waals surface area contributed by atoms with Crippen LogP contribution in [0.1, 0.15) is 41.3 Å². The third-order valence-corrected chi connectivity index (χ3v) is 3.85. The van der Waals surface area contributed by atoms with Gasteiger partial charge in [0.05, 0.1) is 5.56 Å². The number of halogens is 3. The van der Waals surface area contributed by atoms with Gasteiger partial charge in [0.1, 0.15) is 5.75 Å². The van der Waals surface area contributed by atoms with Gasteiger partial charge in [0, 0.05) is 12.3 Å². The number of benzene rings is 1. The van der Waals surface area contributed by atoms with Crippen molar-refractivity contribution in [2.45, 2.75) is 32.9 Å². The van der Waals surface area contributed by atoms with Crippen molar-refractivity contribution in [3.05, 3.63) is 53.2 Å². The second-order valence-corrected chi connectivity index (χ2v) is 6.78. The standard InChI is InChI=1S/C20H22F3N3O4/c1-12(2)15-6-4-13(3)8-16(15)29-10-17(27)25-26-19(28)14-5-7-18(24-9-14)30-11-20(21,22)23/h4-9,12H,10-11H2,1-3H3,(H,25,27)(H,26,28). The number of ether oxygens (including phenoxy) is 2. The van der Waals surface area contributed by atoms with E-state index in [1.807, 2.05) is 39.0 Å². The molecule has 0 aliphatic heterocycles. The second kappa shape index (κ2) is 9.95. The number of rotatable bonds is 7. The molecule has 1 aromatic carbocycles. The van der Waals surface area contributed by atoms with E-state index in [1.54, 1.807) is 0 Å². The van der Waals surface area contributed by atoms with Crippen molar-refractivity contribution in [1.29, 1.82) is 0 Å². The van der Waals surface area contributed by atoms with Gasteiger partial charge in [0.2, 0.25) is 5.88 Å². The van der Waals surface area contributed by atoms with Gasteiger partial charge in [0.25, 0.3) is 11.8 Å². The molecule has 2 rings (SSSR count). The molecule has 10 heteroatoms. The largest absolute Gasteiger partial charge is 0.483 e. The Labute approximate surface area is 171 Å². The van der Waals surface area contributed by atoms with Gasteiger partial charge in [0.15, 0.2) is 13.2 Å². The van der Waals surface area contributed by atoms with Crippen molar-refractivity contribution >= 4 is 11.8 Å². The number of nitrogens with one attached hydrogen (secondary N) is 2. The zero-order valence-electron chi connectivity index (χ0n) is 16.7. The summed E-state index contributed by atoms with van der Waals surface area (Å²) in [6, 6.07) is 8.06. The first kappa shape index (κ1) is 23.0. The number of aromatic nitrogens is 1. The highest BCUT2D eigenvalue weighted by Gasteiger charge is 2.28. The summed E-state index contributed by atoms with van der Waals surface area (Å²) >= 11 is 0. The van der Waals surface area contributed by atoms with E-state index in [0.29, 0.717) is 5.75 Å². The lowest BCUT2D eigenvalue weighted by molar-refractivity contribution is -0.154. The Balaban J connectivity index is 1.83. The molecule has 0 saturated carbocycles. The highest BCUT2D eigenvalue weighted by Crippen LogP contribution is 2.27. The van der Waals surface area contributed by atoms with Gasteiger partial charge in [-0.3, -0.25) is 20.4 Å². The number of carbonyl (C=O) groups excluding carboxylic acids is 2. The smallest absolute Gasteiger partial charge is 0.422 e. The van der Waals surface area contributed by atoms with E-state index >= 15 is 0 Å². The Bertz CT molecular complexity index is 884. The molecule has 0 fully saturated rings. The van der Waals surface area contributed by atoms with Gasteiger partial charge < -0.3 is 9.47 Å². The fraction of sp³-hybridized carbons (Fsp3) is 0.350. The molecule has 162 valence electrons. The topological polar surface area (TPSA) is 89.6 Å². The Kier molecular flexibility index (Phi) is 7.62. The van der Waals surface area contributed by atoms with E-state index in [-0.39, 0.29) is 24.0 Å². The minimum absolute atomic E-state index is 0.0244. The molecule has 1 aromatic heterocycles. The third kappa shape index (κ3) is 7.26. The van der Waals surface area contributed by atoms with Crippen LogP contribution in [-0.2, 0) is 4.79 Å². The van der Waals surface area contributed by atoms with Gasteiger partial charge in [-0.1, -0.05) is 26.0 Å².